The summed E-state index contributed by atoms with van der Waals surface area (Å²) in [5.74, 6) is -0.922. The van der Waals surface area contributed by atoms with Crippen LogP contribution in [0.15, 0.2) is 18.2 Å². The van der Waals surface area contributed by atoms with E-state index in [1.165, 1.54) is 17.4 Å². The highest BCUT2D eigenvalue weighted by atomic mass is 32.1. The molecule has 0 amide bonds. The maximum atomic E-state index is 13.6. The first-order valence-corrected chi connectivity index (χ1v) is 6.05. The van der Waals surface area contributed by atoms with Crippen LogP contribution in [0.3, 0.4) is 0 Å². The maximum absolute atomic E-state index is 13.6. The molecule has 0 radical (unpaired) electrons. The van der Waals surface area contributed by atoms with Crippen LogP contribution in [-0.2, 0) is 6.42 Å². The highest BCUT2D eigenvalue weighted by Gasteiger charge is 2.13. The van der Waals surface area contributed by atoms with Crippen molar-refractivity contribution in [1.82, 2.24) is 4.98 Å². The molecule has 0 atom stereocenters. The Morgan fingerprint density at radius 2 is 2.12 bits per heavy atom. The maximum Gasteiger partial charge on any atom is 0.133 e. The lowest BCUT2D eigenvalue weighted by molar-refractivity contribution is 0.603. The number of nitrogens with two attached hydrogens (primary N) is 1. The first-order chi connectivity index (χ1) is 8.11. The number of halogens is 2. The third kappa shape index (κ3) is 2.50. The van der Waals surface area contributed by atoms with Crippen molar-refractivity contribution in [3.8, 4) is 10.6 Å². The summed E-state index contributed by atoms with van der Waals surface area (Å²) < 4.78 is 26.6. The van der Waals surface area contributed by atoms with Gasteiger partial charge in [-0.2, -0.15) is 0 Å². The molecule has 0 bridgehead atoms. The highest BCUT2D eigenvalue weighted by molar-refractivity contribution is 7.15. The molecule has 1 aromatic carbocycles. The van der Waals surface area contributed by atoms with E-state index in [0.29, 0.717) is 18.0 Å². The van der Waals surface area contributed by atoms with Gasteiger partial charge in [-0.15, -0.1) is 11.3 Å². The van der Waals surface area contributed by atoms with Gasteiger partial charge in [0, 0.05) is 10.4 Å². The van der Waals surface area contributed by atoms with Gasteiger partial charge < -0.3 is 5.73 Å². The fraction of sp³-hybridized carbons (Fsp3) is 0.250. The molecule has 17 heavy (non-hydrogen) atoms. The Labute approximate surface area is 102 Å². The van der Waals surface area contributed by atoms with Crippen LogP contribution in [0.2, 0.25) is 0 Å². The molecule has 0 fully saturated rings. The lowest BCUT2D eigenvalue weighted by Crippen LogP contribution is -2.01. The molecule has 2 nitrogen and oxygen atoms in total. The first kappa shape index (κ1) is 12.1. The van der Waals surface area contributed by atoms with E-state index in [2.05, 4.69) is 4.98 Å². The van der Waals surface area contributed by atoms with Crippen LogP contribution in [0.5, 0.6) is 0 Å². The second kappa shape index (κ2) is 4.89. The Bertz CT molecular complexity index is 537. The molecule has 0 saturated carbocycles. The van der Waals surface area contributed by atoms with Gasteiger partial charge in [0.05, 0.1) is 5.69 Å². The molecule has 0 unspecified atom stereocenters. The van der Waals surface area contributed by atoms with Crippen molar-refractivity contribution in [3.05, 3.63) is 40.4 Å². The van der Waals surface area contributed by atoms with Crippen LogP contribution in [0.1, 0.15) is 10.6 Å². The summed E-state index contributed by atoms with van der Waals surface area (Å²) >= 11 is 1.36. The molecule has 0 aliphatic rings. The molecular weight excluding hydrogens is 242 g/mol. The van der Waals surface area contributed by atoms with Crippen LogP contribution in [-0.4, -0.2) is 11.5 Å². The third-order valence-electron chi connectivity index (χ3n) is 2.42. The Morgan fingerprint density at radius 1 is 1.35 bits per heavy atom. The van der Waals surface area contributed by atoms with Gasteiger partial charge in [0.15, 0.2) is 0 Å². The fourth-order valence-corrected chi connectivity index (χ4v) is 2.66. The van der Waals surface area contributed by atoms with Gasteiger partial charge in [-0.1, -0.05) is 0 Å². The average Bonchev–Trinajstić information content (AvgIpc) is 2.64. The lowest BCUT2D eigenvalue weighted by atomic mass is 10.2. The van der Waals surface area contributed by atoms with Crippen LogP contribution in [0, 0.1) is 18.6 Å². The predicted molar refractivity (Wildman–Crippen MR) is 65.0 cm³/mol. The van der Waals surface area contributed by atoms with E-state index >= 15 is 0 Å². The summed E-state index contributed by atoms with van der Waals surface area (Å²) in [7, 11) is 0. The van der Waals surface area contributed by atoms with E-state index in [1.54, 1.807) is 0 Å². The number of hydrogen-bond donors (Lipinski definition) is 1. The molecule has 1 heterocycles. The average molecular weight is 254 g/mol. The van der Waals surface area contributed by atoms with Crippen molar-refractivity contribution in [2.75, 3.05) is 6.54 Å². The van der Waals surface area contributed by atoms with Crippen LogP contribution >= 0.6 is 11.3 Å². The van der Waals surface area contributed by atoms with Crippen LogP contribution in [0.4, 0.5) is 8.78 Å². The SMILES string of the molecule is Cc1nc(-c2cc(F)ccc2F)sc1CCN. The standard InChI is InChI=1S/C12H12F2N2S/c1-7-11(4-5-15)17-12(16-7)9-6-8(13)2-3-10(9)14/h2-3,6H,4-5,15H2,1H3. The summed E-state index contributed by atoms with van der Waals surface area (Å²) in [6.07, 6.45) is 0.709. The van der Waals surface area contributed by atoms with E-state index in [1.807, 2.05) is 6.92 Å². The van der Waals surface area contributed by atoms with Crippen molar-refractivity contribution in [2.24, 2.45) is 5.73 Å². The molecular formula is C12H12F2N2S. The Kier molecular flexibility index (Phi) is 3.49. The Balaban J connectivity index is 2.45. The van der Waals surface area contributed by atoms with Crippen molar-refractivity contribution < 1.29 is 8.78 Å². The van der Waals surface area contributed by atoms with E-state index in [0.717, 1.165) is 22.7 Å². The Hall–Kier alpha value is -1.33. The molecule has 0 spiro atoms. The number of nitrogens with zero attached hydrogens (tertiary/aromatic N) is 1. The monoisotopic (exact) mass is 254 g/mol. The van der Waals surface area contributed by atoms with Gasteiger partial charge in [0.25, 0.3) is 0 Å². The highest BCUT2D eigenvalue weighted by Crippen LogP contribution is 2.30. The number of aryl methyl sites for hydroxylation is 1. The van der Waals surface area contributed by atoms with Gasteiger partial charge in [0.1, 0.15) is 16.6 Å². The predicted octanol–water partition coefficient (Wildman–Crippen LogP) is 2.90. The summed E-state index contributed by atoms with van der Waals surface area (Å²) in [5, 5.41) is 0.503. The third-order valence-corrected chi connectivity index (χ3v) is 3.67. The summed E-state index contributed by atoms with van der Waals surface area (Å²) in [6.45, 7) is 2.37. The van der Waals surface area contributed by atoms with Gasteiger partial charge >= 0.3 is 0 Å². The van der Waals surface area contributed by atoms with Crippen molar-refractivity contribution in [3.63, 3.8) is 0 Å². The molecule has 2 rings (SSSR count). The van der Waals surface area contributed by atoms with Gasteiger partial charge in [-0.25, -0.2) is 13.8 Å². The molecule has 0 aliphatic heterocycles. The number of rotatable bonds is 3. The summed E-state index contributed by atoms with van der Waals surface area (Å²) in [5.41, 5.74) is 6.52. The Morgan fingerprint density at radius 3 is 2.82 bits per heavy atom. The smallest absolute Gasteiger partial charge is 0.133 e. The van der Waals surface area contributed by atoms with Crippen molar-refractivity contribution in [2.45, 2.75) is 13.3 Å². The summed E-state index contributed by atoms with van der Waals surface area (Å²) in [4.78, 5) is 5.28. The van der Waals surface area contributed by atoms with Crippen LogP contribution in [0.25, 0.3) is 10.6 Å². The van der Waals surface area contributed by atoms with E-state index < -0.39 is 11.6 Å². The van der Waals surface area contributed by atoms with E-state index in [4.69, 9.17) is 5.73 Å². The zero-order chi connectivity index (χ0) is 12.4. The largest absolute Gasteiger partial charge is 0.330 e. The molecule has 2 N–H and O–H groups in total. The first-order valence-electron chi connectivity index (χ1n) is 5.23. The minimum Gasteiger partial charge on any atom is -0.330 e. The molecule has 1 aromatic heterocycles. The van der Waals surface area contributed by atoms with Gasteiger partial charge in [-0.3, -0.25) is 0 Å². The van der Waals surface area contributed by atoms with Crippen molar-refractivity contribution >= 4 is 11.3 Å². The minimum absolute atomic E-state index is 0.210. The van der Waals surface area contributed by atoms with Gasteiger partial charge in [-0.05, 0) is 38.1 Å². The molecule has 5 heteroatoms. The fourth-order valence-electron chi connectivity index (χ4n) is 1.57. The second-order valence-electron chi connectivity index (χ2n) is 3.69. The number of thiazole rings is 1. The number of aromatic nitrogens is 1. The molecule has 90 valence electrons. The van der Waals surface area contributed by atoms with Gasteiger partial charge in [0.2, 0.25) is 0 Å². The van der Waals surface area contributed by atoms with Crippen molar-refractivity contribution in [1.29, 1.82) is 0 Å². The second-order valence-corrected chi connectivity index (χ2v) is 4.77. The van der Waals surface area contributed by atoms with Crippen LogP contribution < -0.4 is 5.73 Å². The number of hydrogen-bond acceptors (Lipinski definition) is 3. The molecule has 2 aromatic rings. The molecule has 0 aliphatic carbocycles. The topological polar surface area (TPSA) is 38.9 Å². The lowest BCUT2D eigenvalue weighted by Gasteiger charge is -1.98. The van der Waals surface area contributed by atoms with E-state index in [-0.39, 0.29) is 5.56 Å². The zero-order valence-corrected chi connectivity index (χ0v) is 10.2. The summed E-state index contributed by atoms with van der Waals surface area (Å²) in [6, 6.07) is 3.38. The number of benzene rings is 1. The zero-order valence-electron chi connectivity index (χ0n) is 9.34. The quantitative estimate of drug-likeness (QED) is 0.914. The normalized spacial score (nSPS) is 10.8. The minimum atomic E-state index is -0.463. The molecule has 0 saturated heterocycles. The van der Waals surface area contributed by atoms with E-state index in [9.17, 15) is 8.78 Å².